The fourth-order valence-electron chi connectivity index (χ4n) is 5.36. The molecule has 0 aliphatic carbocycles. The number of alkyl carbamates (subject to hydrolysis) is 1. The van der Waals surface area contributed by atoms with E-state index in [1.54, 1.807) is 61.5 Å². The molecule has 4 rings (SSSR count). The molecular weight excluding hydrogens is 622 g/mol. The van der Waals surface area contributed by atoms with Crippen molar-refractivity contribution in [3.63, 3.8) is 0 Å². The van der Waals surface area contributed by atoms with Gasteiger partial charge in [0, 0.05) is 0 Å². The molecule has 0 fully saturated rings. The normalized spacial score (nSPS) is 13.9. The standard InChI is InChI=1S/C39H43N3O7/c1-3-33(31-22-14-7-15-23-31)40-36(43)34(27(2)48-25-29-18-10-5-11-19-29)41-37(44)35(32(38(45)46)24-28-16-8-4-9-17-28)42-39(47)49-26-30-20-12-6-13-21-30/h4-23,27,32-35H,3,24-26H2,1-2H3,(H,40,43)(H,41,44)(H,42,47)(H,45,46)/t27-,32?,33-,34+,35-/m0/s1. The predicted octanol–water partition coefficient (Wildman–Crippen LogP) is 5.58. The summed E-state index contributed by atoms with van der Waals surface area (Å²) < 4.78 is 11.4. The van der Waals surface area contributed by atoms with Crippen molar-refractivity contribution in [1.82, 2.24) is 16.0 Å². The van der Waals surface area contributed by atoms with Crippen LogP contribution in [0.4, 0.5) is 4.79 Å². The maximum atomic E-state index is 14.1. The smallest absolute Gasteiger partial charge is 0.408 e. The highest BCUT2D eigenvalue weighted by Crippen LogP contribution is 2.19. The lowest BCUT2D eigenvalue weighted by Gasteiger charge is -2.30. The summed E-state index contributed by atoms with van der Waals surface area (Å²) in [6.07, 6.45) is -1.32. The summed E-state index contributed by atoms with van der Waals surface area (Å²) in [5, 5.41) is 18.6. The van der Waals surface area contributed by atoms with Gasteiger partial charge in [-0.25, -0.2) is 4.79 Å². The van der Waals surface area contributed by atoms with Gasteiger partial charge in [0.2, 0.25) is 11.8 Å². The summed E-state index contributed by atoms with van der Waals surface area (Å²) in [4.78, 5) is 53.8. The fourth-order valence-corrected chi connectivity index (χ4v) is 5.36. The van der Waals surface area contributed by atoms with Crippen LogP contribution in [0.3, 0.4) is 0 Å². The van der Waals surface area contributed by atoms with E-state index in [9.17, 15) is 24.3 Å². The van der Waals surface area contributed by atoms with Gasteiger partial charge in [0.25, 0.3) is 0 Å². The van der Waals surface area contributed by atoms with Crippen molar-refractivity contribution in [2.75, 3.05) is 0 Å². The van der Waals surface area contributed by atoms with Crippen molar-refractivity contribution in [2.24, 2.45) is 5.92 Å². The van der Waals surface area contributed by atoms with Crippen LogP contribution < -0.4 is 16.0 Å². The third-order valence-electron chi connectivity index (χ3n) is 8.12. The number of carbonyl (C=O) groups is 4. The van der Waals surface area contributed by atoms with E-state index < -0.39 is 48.0 Å². The lowest BCUT2D eigenvalue weighted by molar-refractivity contribution is -0.146. The maximum absolute atomic E-state index is 14.1. The van der Waals surface area contributed by atoms with Crippen LogP contribution in [0.5, 0.6) is 0 Å². The van der Waals surface area contributed by atoms with Crippen molar-refractivity contribution in [1.29, 1.82) is 0 Å². The van der Waals surface area contributed by atoms with Crippen molar-refractivity contribution < 1.29 is 33.8 Å². The second kappa shape index (κ2) is 18.8. The molecule has 4 aromatic carbocycles. The summed E-state index contributed by atoms with van der Waals surface area (Å²) >= 11 is 0. The Kier molecular flexibility index (Phi) is 13.9. The van der Waals surface area contributed by atoms with Crippen LogP contribution in [-0.2, 0) is 43.5 Å². The molecule has 0 heterocycles. The van der Waals surface area contributed by atoms with Crippen molar-refractivity contribution in [3.05, 3.63) is 144 Å². The number of nitrogens with one attached hydrogen (secondary N) is 3. The molecule has 5 atom stereocenters. The molecule has 0 spiro atoms. The van der Waals surface area contributed by atoms with E-state index in [4.69, 9.17) is 9.47 Å². The number of rotatable bonds is 17. The largest absolute Gasteiger partial charge is 0.481 e. The zero-order chi connectivity index (χ0) is 35.0. The molecule has 1 unspecified atom stereocenters. The predicted molar refractivity (Wildman–Crippen MR) is 185 cm³/mol. The van der Waals surface area contributed by atoms with Crippen LogP contribution in [0.2, 0.25) is 0 Å². The van der Waals surface area contributed by atoms with Crippen LogP contribution in [0.1, 0.15) is 48.6 Å². The molecule has 3 amide bonds. The summed E-state index contributed by atoms with van der Waals surface area (Å²) in [5.74, 6) is -4.10. The van der Waals surface area contributed by atoms with Gasteiger partial charge in [-0.3, -0.25) is 14.4 Å². The molecule has 0 radical (unpaired) electrons. The molecule has 0 aromatic heterocycles. The van der Waals surface area contributed by atoms with E-state index in [-0.39, 0.29) is 25.7 Å². The van der Waals surface area contributed by atoms with E-state index in [1.165, 1.54) is 0 Å². The Morgan fingerprint density at radius 2 is 1.12 bits per heavy atom. The number of hydrogen-bond acceptors (Lipinski definition) is 6. The molecule has 4 N–H and O–H groups in total. The number of aliphatic carboxylic acids is 1. The lowest BCUT2D eigenvalue weighted by Crippen LogP contribution is -2.60. The van der Waals surface area contributed by atoms with Gasteiger partial charge in [-0.1, -0.05) is 128 Å². The van der Waals surface area contributed by atoms with Crippen molar-refractivity contribution in [3.8, 4) is 0 Å². The Balaban J connectivity index is 1.60. The molecule has 0 aliphatic rings. The first kappa shape index (κ1) is 36.4. The Hall–Kier alpha value is -5.48. The van der Waals surface area contributed by atoms with Crippen LogP contribution in [0, 0.1) is 5.92 Å². The van der Waals surface area contributed by atoms with E-state index in [0.29, 0.717) is 17.5 Å². The van der Waals surface area contributed by atoms with Crippen LogP contribution in [0.25, 0.3) is 0 Å². The molecule has 10 nitrogen and oxygen atoms in total. The molecule has 0 aliphatic heterocycles. The second-order valence-corrected chi connectivity index (χ2v) is 11.7. The number of carboxylic acid groups (broad SMARTS) is 1. The Morgan fingerprint density at radius 3 is 1.65 bits per heavy atom. The highest BCUT2D eigenvalue weighted by molar-refractivity contribution is 5.94. The van der Waals surface area contributed by atoms with E-state index >= 15 is 0 Å². The number of amides is 3. The van der Waals surface area contributed by atoms with Crippen molar-refractivity contribution in [2.45, 2.75) is 64.1 Å². The maximum Gasteiger partial charge on any atom is 0.408 e. The Bertz CT molecular complexity index is 1620. The van der Waals surface area contributed by atoms with E-state index in [1.807, 2.05) is 73.7 Å². The molecular formula is C39H43N3O7. The SMILES string of the molecule is CC[C@H](NC(=O)[C@H](NC(=O)[C@@H](NC(=O)OCc1ccccc1)C(Cc1ccccc1)C(=O)O)[C@H](C)OCc1ccccc1)c1ccccc1. The van der Waals surface area contributed by atoms with Crippen molar-refractivity contribution >= 4 is 23.9 Å². The zero-order valence-electron chi connectivity index (χ0n) is 27.7. The van der Waals surface area contributed by atoms with Gasteiger partial charge in [0.05, 0.1) is 24.7 Å². The zero-order valence-corrected chi connectivity index (χ0v) is 27.7. The van der Waals surface area contributed by atoms with Gasteiger partial charge in [0.15, 0.2) is 0 Å². The lowest BCUT2D eigenvalue weighted by atomic mass is 9.91. The average Bonchev–Trinajstić information content (AvgIpc) is 3.13. The minimum Gasteiger partial charge on any atom is -0.481 e. The summed E-state index contributed by atoms with van der Waals surface area (Å²) in [6, 6.07) is 33.3. The minimum absolute atomic E-state index is 0.0733. The average molecular weight is 666 g/mol. The molecule has 0 saturated carbocycles. The third-order valence-corrected chi connectivity index (χ3v) is 8.12. The first-order valence-corrected chi connectivity index (χ1v) is 16.3. The molecule has 0 bridgehead atoms. The van der Waals surface area contributed by atoms with Crippen LogP contribution >= 0.6 is 0 Å². The van der Waals surface area contributed by atoms with Gasteiger partial charge < -0.3 is 30.5 Å². The van der Waals surface area contributed by atoms with Gasteiger partial charge in [0.1, 0.15) is 18.7 Å². The highest BCUT2D eigenvalue weighted by atomic mass is 16.5. The fraction of sp³-hybridized carbons (Fsp3) is 0.282. The highest BCUT2D eigenvalue weighted by Gasteiger charge is 2.39. The number of ether oxygens (including phenoxy) is 2. The summed E-state index contributed by atoms with van der Waals surface area (Å²) in [5.41, 5.74) is 3.11. The monoisotopic (exact) mass is 665 g/mol. The quantitative estimate of drug-likeness (QED) is 0.115. The van der Waals surface area contributed by atoms with Gasteiger partial charge >= 0.3 is 12.1 Å². The van der Waals surface area contributed by atoms with Gasteiger partial charge in [-0.2, -0.15) is 0 Å². The third kappa shape index (κ3) is 11.3. The Morgan fingerprint density at radius 1 is 0.633 bits per heavy atom. The van der Waals surface area contributed by atoms with Gasteiger partial charge in [-0.15, -0.1) is 0 Å². The molecule has 49 heavy (non-hydrogen) atoms. The topological polar surface area (TPSA) is 143 Å². The molecule has 10 heteroatoms. The minimum atomic E-state index is -1.60. The molecule has 0 saturated heterocycles. The summed E-state index contributed by atoms with van der Waals surface area (Å²) in [6.45, 7) is 3.66. The number of benzene rings is 4. The second-order valence-electron chi connectivity index (χ2n) is 11.7. The number of carboxylic acids is 1. The van der Waals surface area contributed by atoms with Crippen LogP contribution in [-0.4, -0.2) is 47.2 Å². The van der Waals surface area contributed by atoms with Gasteiger partial charge in [-0.05, 0) is 42.0 Å². The number of carbonyl (C=O) groups excluding carboxylic acids is 3. The first-order valence-electron chi connectivity index (χ1n) is 16.3. The number of hydrogen-bond donors (Lipinski definition) is 4. The molecule has 256 valence electrons. The van der Waals surface area contributed by atoms with E-state index in [0.717, 1.165) is 11.1 Å². The Labute approximate surface area is 286 Å². The first-order chi connectivity index (χ1) is 23.7. The molecule has 4 aromatic rings. The van der Waals surface area contributed by atoms with E-state index in [2.05, 4.69) is 16.0 Å². The van der Waals surface area contributed by atoms with Crippen LogP contribution in [0.15, 0.2) is 121 Å². The summed E-state index contributed by atoms with van der Waals surface area (Å²) in [7, 11) is 0.